The van der Waals surface area contributed by atoms with Gasteiger partial charge in [0.2, 0.25) is 0 Å². The first-order valence-electron chi connectivity index (χ1n) is 5.90. The molecule has 18 heavy (non-hydrogen) atoms. The highest BCUT2D eigenvalue weighted by molar-refractivity contribution is 9.10. The van der Waals surface area contributed by atoms with E-state index in [1.165, 1.54) is 17.0 Å². The average Bonchev–Trinajstić information content (AvgIpc) is 2.84. The van der Waals surface area contributed by atoms with Gasteiger partial charge in [-0.05, 0) is 31.0 Å². The van der Waals surface area contributed by atoms with E-state index in [1.807, 2.05) is 0 Å². The van der Waals surface area contributed by atoms with Gasteiger partial charge in [0.15, 0.2) is 0 Å². The van der Waals surface area contributed by atoms with E-state index in [0.717, 1.165) is 19.4 Å². The van der Waals surface area contributed by atoms with Crippen molar-refractivity contribution in [3.8, 4) is 0 Å². The SMILES string of the molecule is CN(CC1CCCO1)C(=O)c1cc(Br)ccc1F. The molecule has 2 rings (SSSR count). The highest BCUT2D eigenvalue weighted by Crippen LogP contribution is 2.18. The lowest BCUT2D eigenvalue weighted by atomic mass is 10.1. The van der Waals surface area contributed by atoms with Crippen molar-refractivity contribution in [2.24, 2.45) is 0 Å². The van der Waals surface area contributed by atoms with Gasteiger partial charge in [0.05, 0.1) is 11.7 Å². The molecule has 1 aromatic carbocycles. The van der Waals surface area contributed by atoms with Gasteiger partial charge in [-0.1, -0.05) is 15.9 Å². The molecule has 1 aliphatic heterocycles. The second kappa shape index (κ2) is 5.80. The maximum Gasteiger partial charge on any atom is 0.256 e. The van der Waals surface area contributed by atoms with Gasteiger partial charge in [0.25, 0.3) is 5.91 Å². The monoisotopic (exact) mass is 315 g/mol. The molecule has 1 aromatic rings. The number of amides is 1. The molecule has 98 valence electrons. The predicted molar refractivity (Wildman–Crippen MR) is 70.0 cm³/mol. The number of carbonyl (C=O) groups is 1. The van der Waals surface area contributed by atoms with Crippen LogP contribution in [0.1, 0.15) is 23.2 Å². The molecule has 1 atom stereocenters. The molecule has 1 heterocycles. The molecule has 0 bridgehead atoms. The molecule has 0 saturated carbocycles. The van der Waals surface area contributed by atoms with Gasteiger partial charge in [-0.2, -0.15) is 0 Å². The first kappa shape index (κ1) is 13.5. The first-order chi connectivity index (χ1) is 8.58. The summed E-state index contributed by atoms with van der Waals surface area (Å²) in [7, 11) is 1.67. The number of hydrogen-bond donors (Lipinski definition) is 0. The normalized spacial score (nSPS) is 18.9. The van der Waals surface area contributed by atoms with E-state index in [4.69, 9.17) is 4.74 Å². The Morgan fingerprint density at radius 1 is 1.61 bits per heavy atom. The zero-order valence-electron chi connectivity index (χ0n) is 10.2. The van der Waals surface area contributed by atoms with Crippen molar-refractivity contribution in [1.29, 1.82) is 0 Å². The van der Waals surface area contributed by atoms with E-state index in [0.29, 0.717) is 11.0 Å². The Balaban J connectivity index is 2.07. The lowest BCUT2D eigenvalue weighted by Crippen LogP contribution is -2.34. The molecule has 0 N–H and O–H groups in total. The minimum Gasteiger partial charge on any atom is -0.376 e. The molecule has 1 aliphatic rings. The maximum absolute atomic E-state index is 13.6. The Labute approximate surface area is 114 Å². The molecular weight excluding hydrogens is 301 g/mol. The Hall–Kier alpha value is -0.940. The van der Waals surface area contributed by atoms with E-state index in [9.17, 15) is 9.18 Å². The van der Waals surface area contributed by atoms with E-state index in [-0.39, 0.29) is 17.6 Å². The van der Waals surface area contributed by atoms with Crippen LogP contribution in [0.3, 0.4) is 0 Å². The van der Waals surface area contributed by atoms with Crippen LogP contribution in [0.15, 0.2) is 22.7 Å². The fourth-order valence-corrected chi connectivity index (χ4v) is 2.40. The molecule has 1 saturated heterocycles. The molecule has 0 aromatic heterocycles. The molecule has 0 radical (unpaired) electrons. The van der Waals surface area contributed by atoms with Crippen LogP contribution in [-0.4, -0.2) is 37.1 Å². The minimum atomic E-state index is -0.498. The zero-order valence-corrected chi connectivity index (χ0v) is 11.7. The summed E-state index contributed by atoms with van der Waals surface area (Å²) >= 11 is 3.24. The number of carbonyl (C=O) groups excluding carboxylic acids is 1. The molecule has 1 amide bonds. The summed E-state index contributed by atoms with van der Waals surface area (Å²) in [6, 6.07) is 4.37. The third-order valence-electron chi connectivity index (χ3n) is 3.01. The van der Waals surface area contributed by atoms with Crippen molar-refractivity contribution in [3.63, 3.8) is 0 Å². The second-order valence-electron chi connectivity index (χ2n) is 4.44. The van der Waals surface area contributed by atoms with Gasteiger partial charge in [-0.3, -0.25) is 4.79 Å². The quantitative estimate of drug-likeness (QED) is 0.858. The Morgan fingerprint density at radius 3 is 3.06 bits per heavy atom. The highest BCUT2D eigenvalue weighted by Gasteiger charge is 2.22. The van der Waals surface area contributed by atoms with Gasteiger partial charge >= 0.3 is 0 Å². The lowest BCUT2D eigenvalue weighted by Gasteiger charge is -2.21. The van der Waals surface area contributed by atoms with Crippen molar-refractivity contribution < 1.29 is 13.9 Å². The van der Waals surface area contributed by atoms with Gasteiger partial charge in [-0.25, -0.2) is 4.39 Å². The van der Waals surface area contributed by atoms with Gasteiger partial charge in [0, 0.05) is 24.7 Å². The number of hydrogen-bond acceptors (Lipinski definition) is 2. The second-order valence-corrected chi connectivity index (χ2v) is 5.36. The molecule has 1 fully saturated rings. The highest BCUT2D eigenvalue weighted by atomic mass is 79.9. The summed E-state index contributed by atoms with van der Waals surface area (Å²) in [5, 5.41) is 0. The number of nitrogens with zero attached hydrogens (tertiary/aromatic N) is 1. The number of likely N-dealkylation sites (N-methyl/N-ethyl adjacent to an activating group) is 1. The minimum absolute atomic E-state index is 0.0779. The van der Waals surface area contributed by atoms with Crippen LogP contribution in [-0.2, 0) is 4.74 Å². The van der Waals surface area contributed by atoms with Gasteiger partial charge < -0.3 is 9.64 Å². The Morgan fingerprint density at radius 2 is 2.39 bits per heavy atom. The van der Waals surface area contributed by atoms with Crippen molar-refractivity contribution in [2.75, 3.05) is 20.2 Å². The van der Waals surface area contributed by atoms with Crippen molar-refractivity contribution in [3.05, 3.63) is 34.1 Å². The van der Waals surface area contributed by atoms with Crippen molar-refractivity contribution in [1.82, 2.24) is 4.90 Å². The zero-order chi connectivity index (χ0) is 13.1. The molecule has 3 nitrogen and oxygen atoms in total. The third-order valence-corrected chi connectivity index (χ3v) is 3.50. The summed E-state index contributed by atoms with van der Waals surface area (Å²) < 4.78 is 19.8. The molecule has 1 unspecified atom stereocenters. The van der Waals surface area contributed by atoms with Crippen molar-refractivity contribution >= 4 is 21.8 Å². The lowest BCUT2D eigenvalue weighted by molar-refractivity contribution is 0.0583. The standard InChI is InChI=1S/C13H15BrFNO2/c1-16(8-10-3-2-6-18-10)13(17)11-7-9(14)4-5-12(11)15/h4-5,7,10H,2-3,6,8H2,1H3. The van der Waals surface area contributed by atoms with Crippen molar-refractivity contribution in [2.45, 2.75) is 18.9 Å². The number of ether oxygens (including phenoxy) is 1. The van der Waals surface area contributed by atoms with Crippen LogP contribution < -0.4 is 0 Å². The first-order valence-corrected chi connectivity index (χ1v) is 6.69. The van der Waals surface area contributed by atoms with Crippen LogP contribution in [0, 0.1) is 5.82 Å². The fraction of sp³-hybridized carbons (Fsp3) is 0.462. The van der Waals surface area contributed by atoms with Crippen LogP contribution in [0.4, 0.5) is 4.39 Å². The number of rotatable bonds is 3. The smallest absolute Gasteiger partial charge is 0.256 e. The van der Waals surface area contributed by atoms with Crippen LogP contribution in [0.25, 0.3) is 0 Å². The Bertz CT molecular complexity index is 447. The summed E-state index contributed by atoms with van der Waals surface area (Å²) in [6.07, 6.45) is 2.06. The van der Waals surface area contributed by atoms with Crippen LogP contribution in [0.5, 0.6) is 0 Å². The number of benzene rings is 1. The van der Waals surface area contributed by atoms with Crippen LogP contribution >= 0.6 is 15.9 Å². The van der Waals surface area contributed by atoms with Gasteiger partial charge in [-0.15, -0.1) is 0 Å². The van der Waals surface area contributed by atoms with E-state index in [2.05, 4.69) is 15.9 Å². The molecule has 0 spiro atoms. The summed E-state index contributed by atoms with van der Waals surface area (Å²) in [5.41, 5.74) is 0.0878. The molecular formula is C13H15BrFNO2. The summed E-state index contributed by atoms with van der Waals surface area (Å²) in [5.74, 6) is -0.813. The van der Waals surface area contributed by atoms with Gasteiger partial charge in [0.1, 0.15) is 5.82 Å². The fourth-order valence-electron chi connectivity index (χ4n) is 2.04. The van der Waals surface area contributed by atoms with E-state index < -0.39 is 5.82 Å². The topological polar surface area (TPSA) is 29.5 Å². The average molecular weight is 316 g/mol. The maximum atomic E-state index is 13.6. The van der Waals surface area contributed by atoms with E-state index >= 15 is 0 Å². The largest absolute Gasteiger partial charge is 0.376 e. The summed E-state index contributed by atoms with van der Waals surface area (Å²) in [6.45, 7) is 1.25. The van der Waals surface area contributed by atoms with Crippen LogP contribution in [0.2, 0.25) is 0 Å². The van der Waals surface area contributed by atoms with E-state index in [1.54, 1.807) is 13.1 Å². The Kier molecular flexibility index (Phi) is 4.35. The molecule has 0 aliphatic carbocycles. The predicted octanol–water partition coefficient (Wildman–Crippen LogP) is 2.84. The summed E-state index contributed by atoms with van der Waals surface area (Å²) in [4.78, 5) is 13.6. The molecule has 5 heteroatoms. The third kappa shape index (κ3) is 3.09. The number of halogens is 2.